The highest BCUT2D eigenvalue weighted by atomic mass is 16.5. The molecule has 3 heterocycles. The zero-order valence-electron chi connectivity index (χ0n) is 17.7. The monoisotopic (exact) mass is 417 g/mol. The lowest BCUT2D eigenvalue weighted by Crippen LogP contribution is -2.50. The Bertz CT molecular complexity index is 1210. The zero-order chi connectivity index (χ0) is 22.2. The second-order valence-electron chi connectivity index (χ2n) is 9.00. The maximum atomic E-state index is 12.1. The summed E-state index contributed by atoms with van der Waals surface area (Å²) in [4.78, 5) is 19.3. The van der Waals surface area contributed by atoms with E-state index in [1.165, 1.54) is 0 Å². The van der Waals surface area contributed by atoms with E-state index in [9.17, 15) is 4.79 Å². The van der Waals surface area contributed by atoms with Crippen molar-refractivity contribution in [3.8, 4) is 11.1 Å². The van der Waals surface area contributed by atoms with E-state index in [-0.39, 0.29) is 18.7 Å². The van der Waals surface area contributed by atoms with Crippen LogP contribution in [0.1, 0.15) is 33.6 Å². The first-order chi connectivity index (χ1) is 14.8. The fraction of sp³-hybridized carbons (Fsp3) is 0.455. The lowest BCUT2D eigenvalue weighted by Gasteiger charge is -2.37. The van der Waals surface area contributed by atoms with Gasteiger partial charge >= 0.3 is 5.97 Å². The molecule has 3 aromatic rings. The van der Waals surface area contributed by atoms with Crippen LogP contribution in [0.25, 0.3) is 31.9 Å². The lowest BCUT2D eigenvalue weighted by atomic mass is 9.73. The molecule has 0 spiro atoms. The first-order valence-corrected chi connectivity index (χ1v) is 10.0. The number of esters is 1. The first kappa shape index (κ1) is 20.5. The van der Waals surface area contributed by atoms with Crippen molar-refractivity contribution < 1.29 is 9.53 Å². The van der Waals surface area contributed by atoms with E-state index in [1.807, 2.05) is 43.9 Å². The number of hydrogen-bond acceptors (Lipinski definition) is 5. The summed E-state index contributed by atoms with van der Waals surface area (Å²) in [5.41, 5.74) is 1.33. The van der Waals surface area contributed by atoms with E-state index < -0.39 is 11.0 Å². The van der Waals surface area contributed by atoms with Crippen molar-refractivity contribution in [2.45, 2.75) is 51.9 Å². The van der Waals surface area contributed by atoms with Crippen LogP contribution < -0.4 is 0 Å². The highest BCUT2D eigenvalue weighted by Crippen LogP contribution is 2.42. The van der Waals surface area contributed by atoms with Gasteiger partial charge in [0.2, 0.25) is 12.6 Å². The third-order valence-electron chi connectivity index (χ3n) is 5.68. The van der Waals surface area contributed by atoms with Crippen molar-refractivity contribution in [2.24, 2.45) is 5.41 Å². The Hall–Kier alpha value is -3.72. The minimum Gasteiger partial charge on any atom is -0.443 e. The normalized spacial score (nSPS) is 20.6. The van der Waals surface area contributed by atoms with Crippen LogP contribution in [0.5, 0.6) is 0 Å². The third-order valence-corrected chi connectivity index (χ3v) is 5.68. The Balaban J connectivity index is 1.62. The van der Waals surface area contributed by atoms with Crippen molar-refractivity contribution in [1.82, 2.24) is 24.5 Å². The highest BCUT2D eigenvalue weighted by Gasteiger charge is 2.53. The van der Waals surface area contributed by atoms with Gasteiger partial charge in [0.1, 0.15) is 5.54 Å². The fourth-order valence-corrected chi connectivity index (χ4v) is 3.84. The molecule has 0 saturated heterocycles. The second kappa shape index (κ2) is 7.51. The molecule has 31 heavy (non-hydrogen) atoms. The van der Waals surface area contributed by atoms with E-state index in [2.05, 4.69) is 25.0 Å². The largest absolute Gasteiger partial charge is 0.443 e. The van der Waals surface area contributed by atoms with E-state index in [1.54, 1.807) is 17.0 Å². The predicted molar refractivity (Wildman–Crippen MR) is 113 cm³/mol. The summed E-state index contributed by atoms with van der Waals surface area (Å²) in [6.07, 6.45) is 8.44. The van der Waals surface area contributed by atoms with Crippen LogP contribution in [0.2, 0.25) is 0 Å². The van der Waals surface area contributed by atoms with Crippen LogP contribution >= 0.6 is 0 Å². The van der Waals surface area contributed by atoms with Gasteiger partial charge in [-0.3, -0.25) is 14.0 Å². The molecule has 0 atom stereocenters. The minimum atomic E-state index is -0.580. The van der Waals surface area contributed by atoms with Gasteiger partial charge in [0.25, 0.3) is 0 Å². The van der Waals surface area contributed by atoms with Crippen molar-refractivity contribution in [1.29, 1.82) is 0 Å². The Morgan fingerprint density at radius 3 is 2.77 bits per heavy atom. The van der Waals surface area contributed by atoms with Gasteiger partial charge in [-0.05, 0) is 26.8 Å². The topological polar surface area (TPSA) is 83.6 Å². The number of rotatable bonds is 5. The van der Waals surface area contributed by atoms with E-state index in [0.717, 1.165) is 16.5 Å². The van der Waals surface area contributed by atoms with Crippen LogP contribution in [0.3, 0.4) is 0 Å². The average Bonchev–Trinajstić information content (AvgIpc) is 3.35. The SMILES string of the molecule is [C-]#[N+]CC1(n2cc(-c3cnnc4c3ccn4COC(=O)C(C)(C)C)cn2)CC([N+]#[C-])C1. The summed E-state index contributed by atoms with van der Waals surface area (Å²) in [6, 6.07) is 1.86. The maximum absolute atomic E-state index is 12.1. The minimum absolute atomic E-state index is 0.0476. The van der Waals surface area contributed by atoms with Gasteiger partial charge in [0, 0.05) is 28.9 Å². The van der Waals surface area contributed by atoms with Gasteiger partial charge in [0.05, 0.1) is 30.7 Å². The smallest absolute Gasteiger partial charge is 0.312 e. The van der Waals surface area contributed by atoms with Gasteiger partial charge in [0.15, 0.2) is 12.4 Å². The molecule has 3 aromatic heterocycles. The first-order valence-electron chi connectivity index (χ1n) is 10.0. The summed E-state index contributed by atoms with van der Waals surface area (Å²) in [7, 11) is 0. The lowest BCUT2D eigenvalue weighted by molar-refractivity contribution is -0.156. The Labute approximate surface area is 180 Å². The molecule has 1 aliphatic carbocycles. The predicted octanol–water partition coefficient (Wildman–Crippen LogP) is 3.54. The highest BCUT2D eigenvalue weighted by molar-refractivity contribution is 5.92. The Morgan fingerprint density at radius 1 is 1.32 bits per heavy atom. The summed E-state index contributed by atoms with van der Waals surface area (Å²) < 4.78 is 8.98. The molecule has 0 radical (unpaired) electrons. The number of fused-ring (bicyclic) bond motifs is 1. The number of carbonyl (C=O) groups excluding carboxylic acids is 1. The molecule has 1 saturated carbocycles. The zero-order valence-corrected chi connectivity index (χ0v) is 17.7. The van der Waals surface area contributed by atoms with E-state index >= 15 is 0 Å². The molecule has 0 N–H and O–H groups in total. The van der Waals surface area contributed by atoms with Crippen LogP contribution in [-0.4, -0.2) is 43.1 Å². The van der Waals surface area contributed by atoms with Crippen molar-refractivity contribution in [3.05, 3.63) is 53.7 Å². The van der Waals surface area contributed by atoms with Crippen molar-refractivity contribution in [2.75, 3.05) is 6.54 Å². The molecule has 0 aromatic carbocycles. The summed E-state index contributed by atoms with van der Waals surface area (Å²) in [6.45, 7) is 20.3. The van der Waals surface area contributed by atoms with Crippen LogP contribution in [0.15, 0.2) is 30.9 Å². The Kier molecular flexibility index (Phi) is 4.98. The fourth-order valence-electron chi connectivity index (χ4n) is 3.84. The molecule has 9 nitrogen and oxygen atoms in total. The standard InChI is InChI=1S/C22H23N7O2/c1-21(2,3)20(30)31-14-28-7-6-17-18(11-25-27-19(17)28)15-10-26-29(12-15)22(13-23-4)8-16(9-22)24-5/h6-7,10-12,16H,8-9,13-14H2,1-3H3. The van der Waals surface area contributed by atoms with Crippen LogP contribution in [-0.2, 0) is 21.8 Å². The molecule has 0 unspecified atom stereocenters. The molecular weight excluding hydrogens is 394 g/mol. The van der Waals surface area contributed by atoms with Gasteiger partial charge < -0.3 is 14.4 Å². The molecule has 0 aliphatic heterocycles. The number of carbonyl (C=O) groups is 1. The summed E-state index contributed by atoms with van der Waals surface area (Å²) in [5, 5.41) is 13.7. The molecule has 1 aliphatic rings. The molecule has 0 amide bonds. The van der Waals surface area contributed by atoms with Crippen molar-refractivity contribution >= 4 is 17.0 Å². The number of aromatic nitrogens is 5. The van der Waals surface area contributed by atoms with E-state index in [0.29, 0.717) is 25.0 Å². The summed E-state index contributed by atoms with van der Waals surface area (Å²) in [5.74, 6) is -0.289. The van der Waals surface area contributed by atoms with Gasteiger partial charge in [-0.2, -0.15) is 10.2 Å². The second-order valence-corrected chi connectivity index (χ2v) is 9.00. The molecule has 1 fully saturated rings. The molecular formula is C22H23N7O2. The third kappa shape index (κ3) is 3.64. The maximum Gasteiger partial charge on any atom is 0.312 e. The average molecular weight is 417 g/mol. The number of hydrogen-bond donors (Lipinski definition) is 0. The van der Waals surface area contributed by atoms with Crippen LogP contribution in [0, 0.1) is 18.6 Å². The Morgan fingerprint density at radius 2 is 2.10 bits per heavy atom. The summed E-state index contributed by atoms with van der Waals surface area (Å²) >= 11 is 0. The van der Waals surface area contributed by atoms with Gasteiger partial charge in [-0.15, -0.1) is 5.10 Å². The van der Waals surface area contributed by atoms with Crippen LogP contribution in [0.4, 0.5) is 0 Å². The number of nitrogens with zero attached hydrogens (tertiary/aromatic N) is 7. The molecule has 4 rings (SSSR count). The van der Waals surface area contributed by atoms with E-state index in [4.69, 9.17) is 17.9 Å². The molecule has 158 valence electrons. The quantitative estimate of drug-likeness (QED) is 0.468. The molecule has 9 heteroatoms. The number of ether oxygens (including phenoxy) is 1. The van der Waals surface area contributed by atoms with Gasteiger partial charge in [-0.1, -0.05) is 0 Å². The molecule has 0 bridgehead atoms. The van der Waals surface area contributed by atoms with Gasteiger partial charge in [-0.25, -0.2) is 13.1 Å². The van der Waals surface area contributed by atoms with Crippen molar-refractivity contribution in [3.63, 3.8) is 0 Å².